The van der Waals surface area contributed by atoms with Gasteiger partial charge in [-0.1, -0.05) is 48.5 Å². The Bertz CT molecular complexity index is 540. The lowest BCUT2D eigenvalue weighted by molar-refractivity contribution is -0.120. The van der Waals surface area contributed by atoms with Crippen LogP contribution in [0.4, 0.5) is 5.69 Å². The smallest absolute Gasteiger partial charge is 0.239 e. The molecule has 2 aromatic rings. The second-order valence-electron chi connectivity index (χ2n) is 5.21. The van der Waals surface area contributed by atoms with E-state index in [9.17, 15) is 4.79 Å². The molecule has 0 saturated heterocycles. The van der Waals surface area contributed by atoms with E-state index in [1.165, 1.54) is 5.56 Å². The van der Waals surface area contributed by atoms with Gasteiger partial charge in [0.25, 0.3) is 0 Å². The van der Waals surface area contributed by atoms with E-state index < -0.39 is 0 Å². The van der Waals surface area contributed by atoms with Crippen molar-refractivity contribution in [3.63, 3.8) is 0 Å². The van der Waals surface area contributed by atoms with Crippen LogP contribution in [0.3, 0.4) is 0 Å². The third-order valence-corrected chi connectivity index (χ3v) is 3.34. The predicted octanol–water partition coefficient (Wildman–Crippen LogP) is 3.24. The number of benzene rings is 2. The van der Waals surface area contributed by atoms with Crippen LogP contribution >= 0.6 is 0 Å². The van der Waals surface area contributed by atoms with Gasteiger partial charge in [-0.2, -0.15) is 0 Å². The fourth-order valence-corrected chi connectivity index (χ4v) is 2.16. The molecule has 0 aliphatic carbocycles. The highest BCUT2D eigenvalue weighted by Gasteiger charge is 2.07. The number of hydrogen-bond donors (Lipinski definition) is 2. The summed E-state index contributed by atoms with van der Waals surface area (Å²) in [6.07, 6.45) is 1.93. The van der Waals surface area contributed by atoms with Crippen molar-refractivity contribution in [2.45, 2.75) is 25.8 Å². The lowest BCUT2D eigenvalue weighted by Crippen LogP contribution is -2.36. The highest BCUT2D eigenvalue weighted by Crippen LogP contribution is 2.05. The molecule has 1 atom stereocenters. The zero-order valence-corrected chi connectivity index (χ0v) is 12.4. The summed E-state index contributed by atoms with van der Waals surface area (Å²) >= 11 is 0. The molecule has 0 unspecified atom stereocenters. The third kappa shape index (κ3) is 5.69. The normalized spacial score (nSPS) is 11.7. The molecule has 1 amide bonds. The van der Waals surface area contributed by atoms with E-state index in [0.717, 1.165) is 18.5 Å². The van der Waals surface area contributed by atoms with E-state index in [0.29, 0.717) is 6.54 Å². The topological polar surface area (TPSA) is 41.1 Å². The summed E-state index contributed by atoms with van der Waals surface area (Å²) in [5.74, 6) is 0.0272. The molecule has 0 radical (unpaired) electrons. The van der Waals surface area contributed by atoms with Crippen LogP contribution in [0.1, 0.15) is 18.9 Å². The molecule has 2 aromatic carbocycles. The van der Waals surface area contributed by atoms with Crippen LogP contribution in [-0.4, -0.2) is 18.5 Å². The predicted molar refractivity (Wildman–Crippen MR) is 87.3 cm³/mol. The Kier molecular flexibility index (Phi) is 5.83. The van der Waals surface area contributed by atoms with Gasteiger partial charge in [-0.3, -0.25) is 4.79 Å². The average Bonchev–Trinajstić information content (AvgIpc) is 2.53. The maximum absolute atomic E-state index is 11.9. The molecule has 2 rings (SSSR count). The van der Waals surface area contributed by atoms with Crippen LogP contribution in [-0.2, 0) is 11.2 Å². The Hall–Kier alpha value is -2.29. The molecule has 0 aliphatic rings. The molecule has 0 bridgehead atoms. The standard InChI is InChI=1S/C18H22N2O/c1-15(12-13-16-8-4-2-5-9-16)20-18(21)14-19-17-10-6-3-7-11-17/h2-11,15,19H,12-14H2,1H3,(H,20,21)/t15-/m0/s1. The average molecular weight is 282 g/mol. The minimum absolute atomic E-state index is 0.0272. The Morgan fingerprint density at radius 2 is 1.62 bits per heavy atom. The molecule has 3 heteroatoms. The van der Waals surface area contributed by atoms with Crippen LogP contribution in [0.15, 0.2) is 60.7 Å². The first kappa shape index (κ1) is 15.1. The first-order valence-corrected chi connectivity index (χ1v) is 7.36. The molecule has 21 heavy (non-hydrogen) atoms. The second-order valence-corrected chi connectivity index (χ2v) is 5.21. The van der Waals surface area contributed by atoms with E-state index in [2.05, 4.69) is 22.8 Å². The Morgan fingerprint density at radius 3 is 2.29 bits per heavy atom. The molecular formula is C18H22N2O. The number of hydrogen-bond acceptors (Lipinski definition) is 2. The van der Waals surface area contributed by atoms with Crippen molar-refractivity contribution < 1.29 is 4.79 Å². The number of carbonyl (C=O) groups excluding carboxylic acids is 1. The first-order chi connectivity index (χ1) is 10.2. The monoisotopic (exact) mass is 282 g/mol. The minimum atomic E-state index is 0.0272. The van der Waals surface area contributed by atoms with Gasteiger partial charge in [-0.05, 0) is 37.5 Å². The molecule has 0 aromatic heterocycles. The summed E-state index contributed by atoms with van der Waals surface area (Å²) in [4.78, 5) is 11.9. The van der Waals surface area contributed by atoms with Crippen molar-refractivity contribution in [2.75, 3.05) is 11.9 Å². The summed E-state index contributed by atoms with van der Waals surface area (Å²) in [7, 11) is 0. The zero-order valence-electron chi connectivity index (χ0n) is 12.4. The number of anilines is 1. The van der Waals surface area contributed by atoms with E-state index >= 15 is 0 Å². The van der Waals surface area contributed by atoms with Crippen molar-refractivity contribution in [2.24, 2.45) is 0 Å². The number of para-hydroxylation sites is 1. The molecule has 3 nitrogen and oxygen atoms in total. The van der Waals surface area contributed by atoms with Gasteiger partial charge in [0.2, 0.25) is 5.91 Å². The Balaban J connectivity index is 1.67. The molecule has 0 spiro atoms. The Labute approximate surface area is 126 Å². The number of amides is 1. The van der Waals surface area contributed by atoms with Crippen molar-refractivity contribution in [1.82, 2.24) is 5.32 Å². The van der Waals surface area contributed by atoms with Crippen LogP contribution in [0.25, 0.3) is 0 Å². The highest BCUT2D eigenvalue weighted by atomic mass is 16.1. The van der Waals surface area contributed by atoms with Gasteiger partial charge in [-0.25, -0.2) is 0 Å². The lowest BCUT2D eigenvalue weighted by Gasteiger charge is -2.14. The number of aryl methyl sites for hydroxylation is 1. The maximum atomic E-state index is 11.9. The van der Waals surface area contributed by atoms with Gasteiger partial charge < -0.3 is 10.6 Å². The quantitative estimate of drug-likeness (QED) is 0.818. The molecular weight excluding hydrogens is 260 g/mol. The van der Waals surface area contributed by atoms with Crippen LogP contribution in [0.5, 0.6) is 0 Å². The summed E-state index contributed by atoms with van der Waals surface area (Å²) in [6.45, 7) is 2.35. The van der Waals surface area contributed by atoms with Crippen molar-refractivity contribution in [1.29, 1.82) is 0 Å². The summed E-state index contributed by atoms with van der Waals surface area (Å²) in [5.41, 5.74) is 2.27. The molecule has 0 heterocycles. The van der Waals surface area contributed by atoms with Gasteiger partial charge in [-0.15, -0.1) is 0 Å². The van der Waals surface area contributed by atoms with Crippen LogP contribution in [0.2, 0.25) is 0 Å². The van der Waals surface area contributed by atoms with E-state index in [4.69, 9.17) is 0 Å². The number of nitrogens with one attached hydrogen (secondary N) is 2. The van der Waals surface area contributed by atoms with Crippen LogP contribution in [0, 0.1) is 0 Å². The van der Waals surface area contributed by atoms with Gasteiger partial charge in [0, 0.05) is 11.7 Å². The van der Waals surface area contributed by atoms with E-state index in [1.807, 2.05) is 55.5 Å². The summed E-state index contributed by atoms with van der Waals surface area (Å²) < 4.78 is 0. The van der Waals surface area contributed by atoms with Crippen LogP contribution < -0.4 is 10.6 Å². The van der Waals surface area contributed by atoms with Gasteiger partial charge >= 0.3 is 0 Å². The maximum Gasteiger partial charge on any atom is 0.239 e. The largest absolute Gasteiger partial charge is 0.376 e. The van der Waals surface area contributed by atoms with Crippen molar-refractivity contribution in [3.8, 4) is 0 Å². The van der Waals surface area contributed by atoms with Crippen molar-refractivity contribution in [3.05, 3.63) is 66.2 Å². The Morgan fingerprint density at radius 1 is 1.00 bits per heavy atom. The molecule has 2 N–H and O–H groups in total. The minimum Gasteiger partial charge on any atom is -0.376 e. The highest BCUT2D eigenvalue weighted by molar-refractivity contribution is 5.80. The molecule has 110 valence electrons. The third-order valence-electron chi connectivity index (χ3n) is 3.34. The molecule has 0 saturated carbocycles. The lowest BCUT2D eigenvalue weighted by atomic mass is 10.1. The second kappa shape index (κ2) is 8.10. The summed E-state index contributed by atoms with van der Waals surface area (Å²) in [6, 6.07) is 20.3. The summed E-state index contributed by atoms with van der Waals surface area (Å²) in [5, 5.41) is 6.13. The first-order valence-electron chi connectivity index (χ1n) is 7.36. The van der Waals surface area contributed by atoms with Gasteiger partial charge in [0.15, 0.2) is 0 Å². The number of carbonyl (C=O) groups is 1. The number of rotatable bonds is 7. The van der Waals surface area contributed by atoms with E-state index in [1.54, 1.807) is 0 Å². The molecule has 0 fully saturated rings. The SMILES string of the molecule is C[C@@H](CCc1ccccc1)NC(=O)CNc1ccccc1. The van der Waals surface area contributed by atoms with Crippen molar-refractivity contribution >= 4 is 11.6 Å². The van der Waals surface area contributed by atoms with Gasteiger partial charge in [0.1, 0.15) is 0 Å². The van der Waals surface area contributed by atoms with E-state index in [-0.39, 0.29) is 11.9 Å². The fraction of sp³-hybridized carbons (Fsp3) is 0.278. The zero-order chi connectivity index (χ0) is 14.9. The molecule has 0 aliphatic heterocycles. The fourth-order valence-electron chi connectivity index (χ4n) is 2.16. The van der Waals surface area contributed by atoms with Gasteiger partial charge in [0.05, 0.1) is 6.54 Å².